The van der Waals surface area contributed by atoms with Crippen LogP contribution >= 0.6 is 0 Å². The normalized spacial score (nSPS) is 12.8. The van der Waals surface area contributed by atoms with Gasteiger partial charge in [-0.3, -0.25) is 33.6 Å². The van der Waals surface area contributed by atoms with Crippen molar-refractivity contribution in [2.75, 3.05) is 26.2 Å². The van der Waals surface area contributed by atoms with E-state index < -0.39 is 91.3 Å². The number of nitrogens with two attached hydrogens (primary N) is 1. The molecule has 0 spiro atoms. The van der Waals surface area contributed by atoms with E-state index in [9.17, 15) is 58.2 Å². The van der Waals surface area contributed by atoms with Crippen LogP contribution < -0.4 is 43.0 Å². The van der Waals surface area contributed by atoms with E-state index in [1.807, 2.05) is 0 Å². The zero-order valence-corrected chi connectivity index (χ0v) is 31.7. The number of aliphatic carboxylic acids is 3. The molecule has 318 valence electrons. The predicted octanol–water partition coefficient (Wildman–Crippen LogP) is -2.06. The van der Waals surface area contributed by atoms with Crippen LogP contribution in [-0.2, 0) is 43.2 Å². The van der Waals surface area contributed by atoms with Gasteiger partial charge in [0.25, 0.3) is 0 Å². The number of carbonyl (C=O) groups excluding carboxylic acids is 7. The van der Waals surface area contributed by atoms with Crippen molar-refractivity contribution in [2.45, 2.75) is 127 Å². The molecular weight excluding hydrogens is 744 g/mol. The lowest BCUT2D eigenvalue weighted by Gasteiger charge is -2.18. The van der Waals surface area contributed by atoms with Crippen LogP contribution in [0.15, 0.2) is 0 Å². The van der Waals surface area contributed by atoms with Crippen molar-refractivity contribution in [3.05, 3.63) is 0 Å². The Morgan fingerprint density at radius 2 is 1.00 bits per heavy atom. The number of aliphatic hydroxyl groups excluding tert-OH is 1. The summed E-state index contributed by atoms with van der Waals surface area (Å²) in [5, 5.41) is 53.2. The summed E-state index contributed by atoms with van der Waals surface area (Å²) in [6.45, 7) is 1.02. The molecule has 0 saturated carbocycles. The first-order valence-corrected chi connectivity index (χ1v) is 18.5. The molecule has 0 aromatic rings. The van der Waals surface area contributed by atoms with Crippen molar-refractivity contribution in [3.8, 4) is 0 Å². The molecule has 22 nitrogen and oxygen atoms in total. The third kappa shape index (κ3) is 25.5. The number of hydrogen-bond acceptors (Lipinski definition) is 11. The average molecular weight is 803 g/mol. The van der Waals surface area contributed by atoms with Crippen LogP contribution in [0.2, 0.25) is 0 Å². The summed E-state index contributed by atoms with van der Waals surface area (Å²) < 4.78 is 0. The molecule has 0 aromatic carbocycles. The highest BCUT2D eigenvalue weighted by molar-refractivity contribution is 5.92. The van der Waals surface area contributed by atoms with Crippen LogP contribution in [0.1, 0.15) is 103 Å². The highest BCUT2D eigenvalue weighted by atomic mass is 16.4. The number of nitrogens with one attached hydrogen (secondary N) is 7. The van der Waals surface area contributed by atoms with E-state index in [4.69, 9.17) is 15.9 Å². The quantitative estimate of drug-likeness (QED) is 0.0326. The number of carboxylic acid groups (broad SMARTS) is 3. The fraction of sp³-hybridized carbons (Fsp3) is 0.706. The largest absolute Gasteiger partial charge is 0.481 e. The van der Waals surface area contributed by atoms with Crippen molar-refractivity contribution < 1.29 is 68.4 Å². The number of rotatable bonds is 32. The lowest BCUT2D eigenvalue weighted by molar-refractivity contribution is -0.141. The Hall–Kier alpha value is -5.54. The van der Waals surface area contributed by atoms with Crippen molar-refractivity contribution in [1.29, 1.82) is 0 Å². The molecule has 8 amide bonds. The van der Waals surface area contributed by atoms with E-state index in [0.717, 1.165) is 12.8 Å². The van der Waals surface area contributed by atoms with Gasteiger partial charge in [0.1, 0.15) is 24.2 Å². The fourth-order valence-electron chi connectivity index (χ4n) is 4.96. The Bertz CT molecular complexity index is 1330. The molecule has 0 rings (SSSR count). The third-order valence-electron chi connectivity index (χ3n) is 8.15. The van der Waals surface area contributed by atoms with Crippen molar-refractivity contribution in [2.24, 2.45) is 5.73 Å². The van der Waals surface area contributed by atoms with Crippen molar-refractivity contribution in [1.82, 2.24) is 37.2 Å². The second-order valence-electron chi connectivity index (χ2n) is 12.8. The van der Waals surface area contributed by atoms with Crippen LogP contribution in [-0.4, -0.2) is 130 Å². The van der Waals surface area contributed by atoms with Gasteiger partial charge in [-0.15, -0.1) is 0 Å². The highest BCUT2D eigenvalue weighted by Gasteiger charge is 2.25. The number of carboxylic acids is 3. The minimum Gasteiger partial charge on any atom is -0.481 e. The third-order valence-corrected chi connectivity index (χ3v) is 8.15. The molecule has 0 heterocycles. The minimum absolute atomic E-state index is 0.00998. The molecule has 56 heavy (non-hydrogen) atoms. The molecule has 0 aliphatic carbocycles. The number of primary amides is 1. The SMILES string of the molecule is CCC(=O)NC(CO)C(=O)NCC(=O)NC(CCCCNC(=O)CCCCCCC(=O)NCCCC[C@H](NC(=O)N[C@@H](CCC(=O)O)C(=O)O)C(=O)O)C(N)=O. The molecule has 22 heteroatoms. The van der Waals surface area contributed by atoms with Gasteiger partial charge in [0.05, 0.1) is 13.2 Å². The van der Waals surface area contributed by atoms with E-state index in [0.29, 0.717) is 45.1 Å². The van der Waals surface area contributed by atoms with Gasteiger partial charge in [-0.1, -0.05) is 19.8 Å². The van der Waals surface area contributed by atoms with Crippen molar-refractivity contribution in [3.63, 3.8) is 0 Å². The Morgan fingerprint density at radius 3 is 1.45 bits per heavy atom. The minimum atomic E-state index is -1.50. The van der Waals surface area contributed by atoms with Crippen LogP contribution in [0.5, 0.6) is 0 Å². The summed E-state index contributed by atoms with van der Waals surface area (Å²) in [6.07, 6.45) is 4.34. The maximum atomic E-state index is 12.2. The second kappa shape index (κ2) is 29.8. The zero-order valence-electron chi connectivity index (χ0n) is 31.7. The van der Waals surface area contributed by atoms with Gasteiger partial charge in [-0.25, -0.2) is 14.4 Å². The van der Waals surface area contributed by atoms with Gasteiger partial charge in [0.15, 0.2) is 0 Å². The fourth-order valence-corrected chi connectivity index (χ4v) is 4.96. The van der Waals surface area contributed by atoms with Gasteiger partial charge >= 0.3 is 23.9 Å². The summed E-state index contributed by atoms with van der Waals surface area (Å²) in [5.41, 5.74) is 5.38. The molecular formula is C34H58N8O14. The zero-order chi connectivity index (χ0) is 42.5. The number of carbonyl (C=O) groups is 10. The number of aliphatic hydroxyl groups is 1. The summed E-state index contributed by atoms with van der Waals surface area (Å²) >= 11 is 0. The molecule has 2 unspecified atom stereocenters. The molecule has 0 fully saturated rings. The average Bonchev–Trinajstić information content (AvgIpc) is 3.13. The molecule has 0 bridgehead atoms. The van der Waals surface area contributed by atoms with Crippen molar-refractivity contribution >= 4 is 59.4 Å². The first-order chi connectivity index (χ1) is 26.5. The molecule has 0 aliphatic rings. The molecule has 0 radical (unpaired) electrons. The number of unbranched alkanes of at least 4 members (excludes halogenated alkanes) is 5. The number of urea groups is 1. The first-order valence-electron chi connectivity index (χ1n) is 18.5. The Labute approximate surface area is 324 Å². The van der Waals surface area contributed by atoms with Crippen LogP contribution in [0.25, 0.3) is 0 Å². The lowest BCUT2D eigenvalue weighted by atomic mass is 10.1. The van der Waals surface area contributed by atoms with Crippen LogP contribution in [0.4, 0.5) is 4.79 Å². The van der Waals surface area contributed by atoms with Gasteiger partial charge in [0.2, 0.25) is 35.4 Å². The van der Waals surface area contributed by atoms with Crippen LogP contribution in [0.3, 0.4) is 0 Å². The monoisotopic (exact) mass is 802 g/mol. The maximum Gasteiger partial charge on any atom is 0.326 e. The summed E-state index contributed by atoms with van der Waals surface area (Å²) in [7, 11) is 0. The Kier molecular flexibility index (Phi) is 26.8. The summed E-state index contributed by atoms with van der Waals surface area (Å²) in [5.74, 6) is -7.08. The molecule has 0 aromatic heterocycles. The van der Waals surface area contributed by atoms with Crippen LogP contribution in [0, 0.1) is 0 Å². The lowest BCUT2D eigenvalue weighted by Crippen LogP contribution is -2.52. The molecule has 4 atom stereocenters. The predicted molar refractivity (Wildman–Crippen MR) is 196 cm³/mol. The highest BCUT2D eigenvalue weighted by Crippen LogP contribution is 2.07. The van der Waals surface area contributed by atoms with E-state index in [2.05, 4.69) is 37.2 Å². The van der Waals surface area contributed by atoms with E-state index in [1.165, 1.54) is 0 Å². The van der Waals surface area contributed by atoms with Gasteiger partial charge in [-0.2, -0.15) is 0 Å². The van der Waals surface area contributed by atoms with E-state index in [-0.39, 0.29) is 56.9 Å². The summed E-state index contributed by atoms with van der Waals surface area (Å²) in [6, 6.07) is -6.11. The topological polar surface area (TPSA) is 362 Å². The smallest absolute Gasteiger partial charge is 0.326 e. The number of hydrogen-bond donors (Lipinski definition) is 12. The molecule has 13 N–H and O–H groups in total. The standard InChI is InChI=1S/C34H58N8O14/c1-2-25(44)40-24(20-43)31(51)38-19-28(47)39-21(30(35)50)11-7-9-17-36-26(45)13-5-3-4-6-14-27(46)37-18-10-8-12-22(32(52)53)41-34(56)42-23(33(54)55)15-16-29(48)49/h21-24,43H,2-20H2,1H3,(H2,35,50)(H,36,45)(H,37,46)(H,38,51)(H,39,47)(H,40,44)(H,48,49)(H,52,53)(H,54,55)(H2,41,42,56)/t21?,22-,23-,24?/m0/s1. The van der Waals surface area contributed by atoms with Gasteiger partial charge in [0, 0.05) is 38.8 Å². The Balaban J connectivity index is 4.11. The van der Waals surface area contributed by atoms with E-state index >= 15 is 0 Å². The maximum absolute atomic E-state index is 12.2. The summed E-state index contributed by atoms with van der Waals surface area (Å²) in [4.78, 5) is 117. The van der Waals surface area contributed by atoms with Gasteiger partial charge in [-0.05, 0) is 57.8 Å². The first kappa shape index (κ1) is 50.5. The van der Waals surface area contributed by atoms with Gasteiger partial charge < -0.3 is 63.4 Å². The second-order valence-corrected chi connectivity index (χ2v) is 12.8. The molecule has 0 aliphatic heterocycles. The Morgan fingerprint density at radius 1 is 0.518 bits per heavy atom. The number of amides is 8. The van der Waals surface area contributed by atoms with E-state index in [1.54, 1.807) is 6.92 Å². The molecule has 0 saturated heterocycles.